The van der Waals surface area contributed by atoms with Gasteiger partial charge in [-0.25, -0.2) is 0 Å². The highest BCUT2D eigenvalue weighted by molar-refractivity contribution is 9.10. The molecule has 0 radical (unpaired) electrons. The Hall–Kier alpha value is -3.00. The summed E-state index contributed by atoms with van der Waals surface area (Å²) >= 11 is 10.1. The van der Waals surface area contributed by atoms with Crippen molar-refractivity contribution in [2.24, 2.45) is 5.92 Å². The summed E-state index contributed by atoms with van der Waals surface area (Å²) in [5.74, 6) is -1.74. The molecule has 0 bridgehead atoms. The molecule has 7 rings (SSSR count). The van der Waals surface area contributed by atoms with Crippen LogP contribution in [0.4, 0.5) is 11.4 Å². The molecule has 2 fully saturated rings. The molecule has 186 valence electrons. The van der Waals surface area contributed by atoms with Crippen LogP contribution in [-0.4, -0.2) is 35.1 Å². The zero-order valence-electron chi connectivity index (χ0n) is 20.0. The lowest BCUT2D eigenvalue weighted by Crippen LogP contribution is -2.55. The molecule has 4 heterocycles. The maximum Gasteiger partial charge on any atom is 0.250 e. The van der Waals surface area contributed by atoms with Crippen molar-refractivity contribution >= 4 is 56.5 Å². The molecular formula is C29H23BrClN3O3. The molecule has 4 aliphatic heterocycles. The van der Waals surface area contributed by atoms with Crippen molar-refractivity contribution in [3.8, 4) is 0 Å². The number of carbonyl (C=O) groups is 3. The van der Waals surface area contributed by atoms with E-state index in [9.17, 15) is 14.4 Å². The van der Waals surface area contributed by atoms with Crippen molar-refractivity contribution in [1.29, 1.82) is 0 Å². The molecule has 4 aliphatic rings. The number of anilines is 2. The van der Waals surface area contributed by atoms with E-state index in [0.29, 0.717) is 40.5 Å². The van der Waals surface area contributed by atoms with Crippen LogP contribution in [0.2, 0.25) is 5.02 Å². The van der Waals surface area contributed by atoms with Crippen LogP contribution < -0.4 is 10.6 Å². The monoisotopic (exact) mass is 575 g/mol. The van der Waals surface area contributed by atoms with Gasteiger partial charge in [0.15, 0.2) is 5.78 Å². The van der Waals surface area contributed by atoms with Gasteiger partial charge in [-0.3, -0.25) is 19.3 Å². The van der Waals surface area contributed by atoms with Gasteiger partial charge in [-0.15, -0.1) is 0 Å². The Kier molecular flexibility index (Phi) is 4.85. The first kappa shape index (κ1) is 23.1. The molecular weight excluding hydrogens is 554 g/mol. The average Bonchev–Trinajstić information content (AvgIpc) is 3.59. The highest BCUT2D eigenvalue weighted by Gasteiger charge is 2.78. The maximum atomic E-state index is 14.8. The molecule has 37 heavy (non-hydrogen) atoms. The van der Waals surface area contributed by atoms with Gasteiger partial charge in [-0.05, 0) is 61.7 Å². The van der Waals surface area contributed by atoms with E-state index < -0.39 is 16.9 Å². The van der Waals surface area contributed by atoms with Gasteiger partial charge in [-0.1, -0.05) is 63.9 Å². The second kappa shape index (κ2) is 7.76. The van der Waals surface area contributed by atoms with Gasteiger partial charge in [-0.2, -0.15) is 0 Å². The predicted molar refractivity (Wildman–Crippen MR) is 145 cm³/mol. The first-order chi connectivity index (χ1) is 17.8. The summed E-state index contributed by atoms with van der Waals surface area (Å²) in [4.78, 5) is 45.4. The van der Waals surface area contributed by atoms with Crippen molar-refractivity contribution < 1.29 is 14.4 Å². The Morgan fingerprint density at radius 3 is 2.57 bits per heavy atom. The summed E-state index contributed by atoms with van der Waals surface area (Å²) in [5, 5.41) is 6.53. The van der Waals surface area contributed by atoms with Crippen LogP contribution >= 0.6 is 27.5 Å². The summed E-state index contributed by atoms with van der Waals surface area (Å²) in [6.07, 6.45) is 1.53. The van der Waals surface area contributed by atoms with E-state index in [1.54, 1.807) is 12.1 Å². The van der Waals surface area contributed by atoms with Gasteiger partial charge in [0.25, 0.3) is 0 Å². The summed E-state index contributed by atoms with van der Waals surface area (Å²) in [5.41, 5.74) is 1.44. The van der Waals surface area contributed by atoms with Crippen molar-refractivity contribution in [2.45, 2.75) is 36.8 Å². The molecule has 3 aromatic rings. The fourth-order valence-electron chi connectivity index (χ4n) is 7.52. The lowest BCUT2D eigenvalue weighted by molar-refractivity contribution is -0.128. The van der Waals surface area contributed by atoms with Gasteiger partial charge in [0, 0.05) is 27.3 Å². The molecule has 0 unspecified atom stereocenters. The number of para-hydroxylation sites is 1. The number of hydrogen-bond donors (Lipinski definition) is 2. The first-order valence-electron chi connectivity index (χ1n) is 12.4. The van der Waals surface area contributed by atoms with Crippen LogP contribution in [0.15, 0.2) is 65.1 Å². The lowest BCUT2D eigenvalue weighted by Gasteiger charge is -2.38. The number of benzene rings is 3. The minimum absolute atomic E-state index is 0.224. The van der Waals surface area contributed by atoms with E-state index in [2.05, 4.69) is 31.5 Å². The lowest BCUT2D eigenvalue weighted by atomic mass is 9.60. The van der Waals surface area contributed by atoms with Crippen LogP contribution in [0.1, 0.15) is 39.9 Å². The highest BCUT2D eigenvalue weighted by atomic mass is 79.9. The van der Waals surface area contributed by atoms with E-state index >= 15 is 0 Å². The molecule has 8 heteroatoms. The summed E-state index contributed by atoms with van der Waals surface area (Å²) in [6, 6.07) is 18.2. The third-order valence-corrected chi connectivity index (χ3v) is 9.55. The zero-order chi connectivity index (χ0) is 25.7. The topological polar surface area (TPSA) is 78.5 Å². The first-order valence-corrected chi connectivity index (χ1v) is 13.6. The highest BCUT2D eigenvalue weighted by Crippen LogP contribution is 2.66. The van der Waals surface area contributed by atoms with Crippen LogP contribution in [-0.2, 0) is 20.5 Å². The number of nitrogens with zero attached hydrogens (tertiary/aromatic N) is 1. The van der Waals surface area contributed by atoms with Crippen molar-refractivity contribution in [3.63, 3.8) is 0 Å². The number of carbonyl (C=O) groups excluding carboxylic acids is 3. The molecule has 0 saturated carbocycles. The quantitative estimate of drug-likeness (QED) is 0.399. The number of hydrogen-bond acceptors (Lipinski definition) is 4. The molecule has 2 amide bonds. The van der Waals surface area contributed by atoms with E-state index in [1.165, 1.54) is 0 Å². The van der Waals surface area contributed by atoms with Gasteiger partial charge in [0.1, 0.15) is 11.0 Å². The van der Waals surface area contributed by atoms with Crippen molar-refractivity contribution in [2.75, 3.05) is 17.2 Å². The second-order valence-corrected chi connectivity index (χ2v) is 11.7. The smallest absolute Gasteiger partial charge is 0.250 e. The zero-order valence-corrected chi connectivity index (χ0v) is 22.3. The van der Waals surface area contributed by atoms with E-state index in [-0.39, 0.29) is 23.6 Å². The molecule has 0 aliphatic carbocycles. The molecule has 2 N–H and O–H groups in total. The number of ketones is 1. The SMILES string of the molecule is Cc1cc(Cl)c2c(c1)[C@@]1(C(=O)N2)[C@@H](C(=O)c2ccc(Br)cc2)[C@@]2(C(=O)Nc3ccccc32)[C@H]2CCCN21. The number of fused-ring (bicyclic) bond motifs is 7. The molecule has 3 aromatic carbocycles. The standard InChI is InChI=1S/C29H23BrClN3O3/c1-15-13-19-23(20(31)14-15)33-27(37)29(19)25(24(35)16-8-10-17(30)11-9-16)28(22-7-4-12-34(22)29)18-5-2-3-6-21(18)32-26(28)36/h2-3,5-6,8-11,13-14,22,25H,4,7,12H2,1H3,(H,32,36)(H,33,37)/t22-,25+,28+,29+/m1/s1. The minimum Gasteiger partial charge on any atom is -0.325 e. The predicted octanol–water partition coefficient (Wildman–Crippen LogP) is 5.43. The Morgan fingerprint density at radius 2 is 1.78 bits per heavy atom. The van der Waals surface area contributed by atoms with E-state index in [1.807, 2.05) is 55.5 Å². The maximum absolute atomic E-state index is 14.8. The van der Waals surface area contributed by atoms with Gasteiger partial charge >= 0.3 is 0 Å². The molecule has 2 saturated heterocycles. The second-order valence-electron chi connectivity index (χ2n) is 10.4. The van der Waals surface area contributed by atoms with Crippen LogP contribution in [0.25, 0.3) is 0 Å². The summed E-state index contributed by atoms with van der Waals surface area (Å²) in [6.45, 7) is 2.53. The molecule has 6 nitrogen and oxygen atoms in total. The van der Waals surface area contributed by atoms with Crippen LogP contribution in [0.3, 0.4) is 0 Å². The number of halogens is 2. The van der Waals surface area contributed by atoms with Gasteiger partial charge in [0.05, 0.1) is 16.6 Å². The van der Waals surface area contributed by atoms with Gasteiger partial charge < -0.3 is 10.6 Å². The van der Waals surface area contributed by atoms with Crippen molar-refractivity contribution in [3.05, 3.63) is 92.4 Å². The molecule has 4 atom stereocenters. The summed E-state index contributed by atoms with van der Waals surface area (Å²) < 4.78 is 0.843. The third kappa shape index (κ3) is 2.72. The van der Waals surface area contributed by atoms with Crippen LogP contribution in [0, 0.1) is 12.8 Å². The number of nitrogens with one attached hydrogen (secondary N) is 2. The number of rotatable bonds is 2. The van der Waals surface area contributed by atoms with E-state index in [4.69, 9.17) is 11.6 Å². The Balaban J connectivity index is 1.60. The third-order valence-electron chi connectivity index (χ3n) is 8.72. The average molecular weight is 577 g/mol. The normalized spacial score (nSPS) is 29.4. The molecule has 0 aromatic heterocycles. The number of amides is 2. The fourth-order valence-corrected chi connectivity index (χ4v) is 8.10. The van der Waals surface area contributed by atoms with Crippen molar-refractivity contribution in [1.82, 2.24) is 4.90 Å². The Bertz CT molecular complexity index is 1540. The fraction of sp³-hybridized carbons (Fsp3) is 0.276. The Morgan fingerprint density at radius 1 is 1.03 bits per heavy atom. The van der Waals surface area contributed by atoms with Crippen LogP contribution in [0.5, 0.6) is 0 Å². The van der Waals surface area contributed by atoms with E-state index in [0.717, 1.165) is 22.0 Å². The largest absolute Gasteiger partial charge is 0.325 e. The minimum atomic E-state index is -1.37. The number of Topliss-reactive ketones (excluding diaryl/α,β-unsaturated/α-hetero) is 1. The van der Waals surface area contributed by atoms with Gasteiger partial charge in [0.2, 0.25) is 11.8 Å². The number of aryl methyl sites for hydroxylation is 1. The Labute approximate surface area is 227 Å². The molecule has 2 spiro atoms. The summed E-state index contributed by atoms with van der Waals surface area (Å²) in [7, 11) is 0.